The molecule has 1 saturated heterocycles. The molecular formula is C36H42N4O8S. The van der Waals surface area contributed by atoms with E-state index in [4.69, 9.17) is 14.2 Å². The lowest BCUT2D eigenvalue weighted by atomic mass is 9.81. The first-order valence-corrected chi connectivity index (χ1v) is 17.5. The summed E-state index contributed by atoms with van der Waals surface area (Å²) in [6.07, 6.45) is 0.0509. The van der Waals surface area contributed by atoms with Crippen molar-refractivity contribution in [2.75, 3.05) is 25.6 Å². The maximum atomic E-state index is 14.2. The molecule has 3 amide bonds. The predicted octanol–water partition coefficient (Wildman–Crippen LogP) is 5.96. The number of hydrogen-bond acceptors (Lipinski definition) is 9. The molecule has 0 radical (unpaired) electrons. The molecule has 0 bridgehead atoms. The van der Waals surface area contributed by atoms with Crippen molar-refractivity contribution in [1.29, 1.82) is 0 Å². The monoisotopic (exact) mass is 690 g/mol. The Kier molecular flexibility index (Phi) is 9.78. The molecule has 12 nitrogen and oxygen atoms in total. The second-order valence-corrected chi connectivity index (χ2v) is 14.9. The van der Waals surface area contributed by atoms with Crippen LogP contribution < -0.4 is 14.8 Å². The molecule has 2 aliphatic heterocycles. The van der Waals surface area contributed by atoms with Gasteiger partial charge in [-0.1, -0.05) is 57.2 Å². The van der Waals surface area contributed by atoms with Gasteiger partial charge in [-0.05, 0) is 74.1 Å². The van der Waals surface area contributed by atoms with E-state index in [1.54, 1.807) is 36.4 Å². The molecule has 0 saturated carbocycles. The van der Waals surface area contributed by atoms with Gasteiger partial charge in [0, 0.05) is 13.0 Å². The number of rotatable bonds is 12. The number of hydrogen-bond donors (Lipinski definition) is 1. The van der Waals surface area contributed by atoms with E-state index in [-0.39, 0.29) is 47.1 Å². The lowest BCUT2D eigenvalue weighted by Crippen LogP contribution is -2.59. The van der Waals surface area contributed by atoms with E-state index in [0.717, 1.165) is 16.3 Å². The number of benzene rings is 3. The molecule has 0 aromatic heterocycles. The zero-order valence-corrected chi connectivity index (χ0v) is 29.6. The molecule has 2 heterocycles. The molecule has 5 rings (SSSR count). The van der Waals surface area contributed by atoms with Crippen LogP contribution in [0.2, 0.25) is 0 Å². The minimum Gasteiger partial charge on any atom is -0.495 e. The number of aliphatic imine (C=N–C) groups is 1. The number of carbonyl (C=O) groups excluding carboxylic acids is 3. The number of fused-ring (bicyclic) bond motifs is 1. The van der Waals surface area contributed by atoms with Crippen molar-refractivity contribution in [1.82, 2.24) is 9.21 Å². The molecule has 3 aromatic carbocycles. The molecule has 1 atom stereocenters. The number of cyclic esters (lactones) is 1. The van der Waals surface area contributed by atoms with Gasteiger partial charge in [0.05, 0.1) is 25.1 Å². The molecule has 1 fully saturated rings. The van der Waals surface area contributed by atoms with E-state index < -0.39 is 39.6 Å². The number of para-hydroxylation sites is 3. The van der Waals surface area contributed by atoms with E-state index >= 15 is 0 Å². The minimum absolute atomic E-state index is 0.00474. The summed E-state index contributed by atoms with van der Waals surface area (Å²) < 4.78 is 46.2. The van der Waals surface area contributed by atoms with Gasteiger partial charge in [0.25, 0.3) is 21.8 Å². The molecule has 260 valence electrons. The smallest absolute Gasteiger partial charge is 0.418 e. The summed E-state index contributed by atoms with van der Waals surface area (Å²) in [5, 5.41) is 2.70. The number of anilines is 1. The topological polar surface area (TPSA) is 144 Å². The van der Waals surface area contributed by atoms with Crippen LogP contribution in [0.4, 0.5) is 16.2 Å². The Labute approximate surface area is 287 Å². The van der Waals surface area contributed by atoms with Crippen LogP contribution in [0.3, 0.4) is 0 Å². The summed E-state index contributed by atoms with van der Waals surface area (Å²) in [6, 6.07) is 16.8. The second kappa shape index (κ2) is 13.5. The largest absolute Gasteiger partial charge is 0.495 e. The van der Waals surface area contributed by atoms with Crippen LogP contribution in [0.1, 0.15) is 58.6 Å². The van der Waals surface area contributed by atoms with Gasteiger partial charge >= 0.3 is 6.09 Å². The van der Waals surface area contributed by atoms with Gasteiger partial charge in [0.15, 0.2) is 17.5 Å². The molecular weight excluding hydrogens is 648 g/mol. The first-order valence-electron chi connectivity index (χ1n) is 16.1. The van der Waals surface area contributed by atoms with E-state index in [1.165, 1.54) is 38.7 Å². The fourth-order valence-electron chi connectivity index (χ4n) is 5.65. The third kappa shape index (κ3) is 6.85. The van der Waals surface area contributed by atoms with E-state index in [0.29, 0.717) is 16.4 Å². The Morgan fingerprint density at radius 2 is 1.73 bits per heavy atom. The first kappa shape index (κ1) is 35.4. The predicted molar refractivity (Wildman–Crippen MR) is 185 cm³/mol. The highest BCUT2D eigenvalue weighted by Gasteiger charge is 2.55. The lowest BCUT2D eigenvalue weighted by Gasteiger charge is -2.35. The number of carbonyl (C=O) groups is 3. The van der Waals surface area contributed by atoms with Crippen LogP contribution in [0.5, 0.6) is 11.5 Å². The molecule has 0 spiro atoms. The van der Waals surface area contributed by atoms with Crippen LogP contribution in [0, 0.1) is 6.92 Å². The molecule has 1 N–H and O–H groups in total. The number of amides is 3. The highest BCUT2D eigenvalue weighted by molar-refractivity contribution is 7.90. The number of nitrogens with zero attached hydrogens (tertiary/aromatic N) is 3. The van der Waals surface area contributed by atoms with E-state index in [1.807, 2.05) is 19.1 Å². The van der Waals surface area contributed by atoms with Crippen LogP contribution in [-0.2, 0) is 29.8 Å². The second-order valence-electron chi connectivity index (χ2n) is 13.1. The number of sulfonamides is 1. The van der Waals surface area contributed by atoms with Crippen molar-refractivity contribution >= 4 is 45.1 Å². The van der Waals surface area contributed by atoms with Gasteiger partial charge in [0.1, 0.15) is 16.4 Å². The first-order chi connectivity index (χ1) is 23.1. The molecule has 2 aliphatic rings. The number of aryl methyl sites for hydroxylation is 1. The maximum Gasteiger partial charge on any atom is 0.418 e. The summed E-state index contributed by atoms with van der Waals surface area (Å²) in [7, 11) is -2.89. The Balaban J connectivity index is 1.51. The van der Waals surface area contributed by atoms with Crippen molar-refractivity contribution in [2.45, 2.75) is 76.3 Å². The molecule has 3 aromatic rings. The number of amidine groups is 1. The van der Waals surface area contributed by atoms with Crippen LogP contribution >= 0.6 is 0 Å². The van der Waals surface area contributed by atoms with Crippen molar-refractivity contribution in [2.24, 2.45) is 4.99 Å². The third-order valence-corrected chi connectivity index (χ3v) is 10.8. The standard InChI is InChI=1S/C36H42N4O8S/c1-8-35(3,4)24-18-19-27(23(2)22-24)47-21-13-20-39-31(37-26-15-10-12-17-29(26)49(39,44)45)30(40-33(42)36(5,6)48-34(40)43)32(41)38-25-14-9-11-16-28(25)46-7/h9-12,14-19,22,30H,8,13,20-21H2,1-7H3,(H,38,41). The summed E-state index contributed by atoms with van der Waals surface area (Å²) >= 11 is 0. The van der Waals surface area contributed by atoms with Gasteiger partial charge in [-0.15, -0.1) is 0 Å². The van der Waals surface area contributed by atoms with Crippen LogP contribution in [0.25, 0.3) is 0 Å². The van der Waals surface area contributed by atoms with Gasteiger partial charge in [-0.2, -0.15) is 0 Å². The Hall–Kier alpha value is -4.91. The van der Waals surface area contributed by atoms with Gasteiger partial charge in [-0.25, -0.2) is 23.1 Å². The normalized spacial score (nSPS) is 17.2. The minimum atomic E-state index is -4.32. The average Bonchev–Trinajstić information content (AvgIpc) is 3.26. The Morgan fingerprint density at radius 3 is 2.39 bits per heavy atom. The van der Waals surface area contributed by atoms with E-state index in [2.05, 4.69) is 37.1 Å². The SMILES string of the molecule is CCC(C)(C)c1ccc(OCCCN2C(C(C(=O)Nc3ccccc3OC)N3C(=O)OC(C)(C)C3=O)=Nc3ccccc3S2(=O)=O)c(C)c1. The third-order valence-electron chi connectivity index (χ3n) is 8.92. The summed E-state index contributed by atoms with van der Waals surface area (Å²) in [5.74, 6) is -1.09. The molecule has 49 heavy (non-hydrogen) atoms. The zero-order chi connectivity index (χ0) is 35.7. The van der Waals surface area contributed by atoms with Crippen molar-refractivity contribution < 1.29 is 37.0 Å². The lowest BCUT2D eigenvalue weighted by molar-refractivity contribution is -0.137. The fraction of sp³-hybridized carbons (Fsp3) is 0.389. The number of ether oxygens (including phenoxy) is 3. The summed E-state index contributed by atoms with van der Waals surface area (Å²) in [5.41, 5.74) is 0.833. The highest BCUT2D eigenvalue weighted by Crippen LogP contribution is 2.36. The van der Waals surface area contributed by atoms with Gasteiger partial charge in [0.2, 0.25) is 0 Å². The Morgan fingerprint density at radius 1 is 1.04 bits per heavy atom. The maximum absolute atomic E-state index is 14.2. The van der Waals surface area contributed by atoms with Crippen molar-refractivity contribution in [3.63, 3.8) is 0 Å². The zero-order valence-electron chi connectivity index (χ0n) is 28.8. The number of methoxy groups -OCH3 is 1. The van der Waals surface area contributed by atoms with E-state index in [9.17, 15) is 22.8 Å². The summed E-state index contributed by atoms with van der Waals surface area (Å²) in [4.78, 5) is 46.2. The van der Waals surface area contributed by atoms with Crippen molar-refractivity contribution in [3.8, 4) is 11.5 Å². The number of nitrogens with one attached hydrogen (secondary N) is 1. The van der Waals surface area contributed by atoms with Gasteiger partial charge in [-0.3, -0.25) is 13.9 Å². The Bertz CT molecular complexity index is 1920. The average molecular weight is 691 g/mol. The van der Waals surface area contributed by atoms with Gasteiger partial charge < -0.3 is 19.5 Å². The fourth-order valence-corrected chi connectivity index (χ4v) is 7.28. The van der Waals surface area contributed by atoms with Crippen LogP contribution in [-0.4, -0.2) is 73.3 Å². The molecule has 0 aliphatic carbocycles. The quantitative estimate of drug-likeness (QED) is 0.230. The molecule has 13 heteroatoms. The summed E-state index contributed by atoms with van der Waals surface area (Å²) in [6.45, 7) is 11.2. The van der Waals surface area contributed by atoms with Crippen molar-refractivity contribution in [3.05, 3.63) is 77.9 Å². The molecule has 1 unspecified atom stereocenters. The van der Waals surface area contributed by atoms with Crippen LogP contribution in [0.15, 0.2) is 76.6 Å². The number of imide groups is 1. The highest BCUT2D eigenvalue weighted by atomic mass is 32.2.